The van der Waals surface area contributed by atoms with Gasteiger partial charge in [0.1, 0.15) is 5.52 Å². The van der Waals surface area contributed by atoms with E-state index >= 15 is 0 Å². The van der Waals surface area contributed by atoms with Crippen LogP contribution in [0.5, 0.6) is 0 Å². The van der Waals surface area contributed by atoms with E-state index in [1.54, 1.807) is 6.20 Å². The number of fused-ring (bicyclic) bond motifs is 1. The number of rotatable bonds is 2. The maximum atomic E-state index is 5.91. The number of pyridine rings is 1. The summed E-state index contributed by atoms with van der Waals surface area (Å²) in [6, 6.07) is 1.86. The Bertz CT molecular complexity index is 527. The van der Waals surface area contributed by atoms with Crippen molar-refractivity contribution in [3.63, 3.8) is 0 Å². The van der Waals surface area contributed by atoms with E-state index in [9.17, 15) is 0 Å². The van der Waals surface area contributed by atoms with Crippen molar-refractivity contribution < 1.29 is 5.48 Å². The minimum atomic E-state index is 0. The van der Waals surface area contributed by atoms with Gasteiger partial charge in [0.2, 0.25) is 0 Å². The Morgan fingerprint density at radius 3 is 2.71 bits per heavy atom. The van der Waals surface area contributed by atoms with Gasteiger partial charge in [-0.2, -0.15) is 0 Å². The fourth-order valence-electron chi connectivity index (χ4n) is 1.40. The van der Waals surface area contributed by atoms with Gasteiger partial charge in [0.05, 0.1) is 5.52 Å². The number of halogens is 3. The smallest absolute Gasteiger partial charge is 0.178 e. The maximum absolute atomic E-state index is 5.91. The first-order chi connectivity index (χ1) is 6.74. The first-order valence-electron chi connectivity index (χ1n) is 4.17. The molecule has 9 heteroatoms. The lowest BCUT2D eigenvalue weighted by molar-refractivity contribution is 0.718. The fraction of sp³-hybridized carbons (Fsp3) is 0.250. The third-order valence-electron chi connectivity index (χ3n) is 2.00. The lowest BCUT2D eigenvalue weighted by Crippen LogP contribution is -2.09. The van der Waals surface area contributed by atoms with Crippen LogP contribution in [0.15, 0.2) is 12.3 Å². The number of aromatic amines is 1. The Labute approximate surface area is 120 Å². The molecule has 98 valence electrons. The SMILES string of the molecule is Cl.Cl.NCCn1c(=S)[nH]c2c(Cl)nccc21.O. The van der Waals surface area contributed by atoms with Gasteiger partial charge in [-0.25, -0.2) is 4.98 Å². The fourth-order valence-corrected chi connectivity index (χ4v) is 1.89. The van der Waals surface area contributed by atoms with Gasteiger partial charge in [-0.15, -0.1) is 24.8 Å². The summed E-state index contributed by atoms with van der Waals surface area (Å²) in [5.41, 5.74) is 7.20. The summed E-state index contributed by atoms with van der Waals surface area (Å²) in [6.45, 7) is 1.22. The number of nitrogens with one attached hydrogen (secondary N) is 1. The number of imidazole rings is 1. The zero-order chi connectivity index (χ0) is 10.1. The number of H-pyrrole nitrogens is 1. The molecule has 0 aliphatic carbocycles. The Balaban J connectivity index is 0. The number of nitrogens with zero attached hydrogens (tertiary/aromatic N) is 2. The lowest BCUT2D eigenvalue weighted by atomic mass is 10.4. The molecule has 2 rings (SSSR count). The molecule has 0 unspecified atom stereocenters. The molecule has 0 fully saturated rings. The molecular weight excluding hydrogens is 307 g/mol. The van der Waals surface area contributed by atoms with Crippen molar-refractivity contribution in [2.45, 2.75) is 6.54 Å². The van der Waals surface area contributed by atoms with Crippen molar-refractivity contribution in [1.82, 2.24) is 14.5 Å². The zero-order valence-electron chi connectivity index (χ0n) is 8.64. The van der Waals surface area contributed by atoms with Gasteiger partial charge in [0.25, 0.3) is 0 Å². The van der Waals surface area contributed by atoms with Gasteiger partial charge in [-0.3, -0.25) is 0 Å². The molecule has 0 radical (unpaired) electrons. The molecule has 0 spiro atoms. The average molecular weight is 320 g/mol. The first-order valence-corrected chi connectivity index (χ1v) is 4.95. The highest BCUT2D eigenvalue weighted by atomic mass is 35.5. The summed E-state index contributed by atoms with van der Waals surface area (Å²) in [5, 5.41) is 0.435. The van der Waals surface area contributed by atoms with Crippen LogP contribution in [0.25, 0.3) is 11.0 Å². The van der Waals surface area contributed by atoms with Crippen LogP contribution in [0.2, 0.25) is 5.15 Å². The molecule has 5 N–H and O–H groups in total. The Morgan fingerprint density at radius 1 is 1.47 bits per heavy atom. The molecule has 0 bridgehead atoms. The summed E-state index contributed by atoms with van der Waals surface area (Å²) >= 11 is 11.1. The van der Waals surface area contributed by atoms with E-state index in [2.05, 4.69) is 9.97 Å². The number of hydrogen-bond acceptors (Lipinski definition) is 3. The average Bonchev–Trinajstić information content (AvgIpc) is 2.47. The van der Waals surface area contributed by atoms with E-state index in [1.165, 1.54) is 0 Å². The highest BCUT2D eigenvalue weighted by molar-refractivity contribution is 7.71. The molecule has 0 saturated carbocycles. The van der Waals surface area contributed by atoms with E-state index < -0.39 is 0 Å². The van der Waals surface area contributed by atoms with Crippen molar-refractivity contribution in [2.75, 3.05) is 6.54 Å². The predicted molar refractivity (Wildman–Crippen MR) is 77.1 cm³/mol. The van der Waals surface area contributed by atoms with E-state index in [1.807, 2.05) is 10.6 Å². The van der Waals surface area contributed by atoms with Crippen LogP contribution in [0.1, 0.15) is 0 Å². The Hall–Kier alpha value is -0.370. The molecule has 2 aromatic heterocycles. The van der Waals surface area contributed by atoms with E-state index in [-0.39, 0.29) is 30.3 Å². The zero-order valence-corrected chi connectivity index (χ0v) is 11.8. The normalized spacial score (nSPS) is 9.06. The van der Waals surface area contributed by atoms with Crippen LogP contribution in [0, 0.1) is 4.77 Å². The van der Waals surface area contributed by atoms with Gasteiger partial charge in [-0.05, 0) is 18.3 Å². The first kappa shape index (κ1) is 19.0. The van der Waals surface area contributed by atoms with Crippen molar-refractivity contribution in [2.24, 2.45) is 5.73 Å². The van der Waals surface area contributed by atoms with Gasteiger partial charge in [-0.1, -0.05) is 11.6 Å². The molecule has 17 heavy (non-hydrogen) atoms. The minimum Gasteiger partial charge on any atom is -0.412 e. The molecule has 0 amide bonds. The Morgan fingerprint density at radius 2 is 2.12 bits per heavy atom. The van der Waals surface area contributed by atoms with Crippen LogP contribution in [0.4, 0.5) is 0 Å². The summed E-state index contributed by atoms with van der Waals surface area (Å²) in [4.78, 5) is 6.97. The summed E-state index contributed by atoms with van der Waals surface area (Å²) < 4.78 is 2.54. The van der Waals surface area contributed by atoms with Gasteiger partial charge >= 0.3 is 0 Å². The molecule has 2 heterocycles. The van der Waals surface area contributed by atoms with Crippen molar-refractivity contribution in [3.05, 3.63) is 22.2 Å². The van der Waals surface area contributed by atoms with Gasteiger partial charge in [0, 0.05) is 19.3 Å². The molecule has 0 aliphatic heterocycles. The van der Waals surface area contributed by atoms with Crippen molar-refractivity contribution in [1.29, 1.82) is 0 Å². The van der Waals surface area contributed by atoms with Crippen LogP contribution >= 0.6 is 48.6 Å². The third-order valence-corrected chi connectivity index (χ3v) is 2.61. The monoisotopic (exact) mass is 318 g/mol. The minimum absolute atomic E-state index is 0. The largest absolute Gasteiger partial charge is 0.412 e. The maximum Gasteiger partial charge on any atom is 0.178 e. The highest BCUT2D eigenvalue weighted by Gasteiger charge is 2.06. The van der Waals surface area contributed by atoms with E-state index in [0.29, 0.717) is 23.0 Å². The molecule has 0 aliphatic rings. The van der Waals surface area contributed by atoms with E-state index in [0.717, 1.165) is 11.0 Å². The van der Waals surface area contributed by atoms with Crippen molar-refractivity contribution in [3.8, 4) is 0 Å². The highest BCUT2D eigenvalue weighted by Crippen LogP contribution is 2.19. The standard InChI is InChI=1S/C8H9ClN4S.2ClH.H2O/c9-7-6-5(1-3-11-7)13(4-2-10)8(14)12-6;;;/h1,3H,2,4,10H2,(H,12,14);2*1H;1H2. The van der Waals surface area contributed by atoms with Gasteiger partial charge in [0.15, 0.2) is 9.92 Å². The van der Waals surface area contributed by atoms with E-state index in [4.69, 9.17) is 29.6 Å². The Kier molecular flexibility index (Phi) is 8.78. The molecule has 0 atom stereocenters. The number of aromatic nitrogens is 3. The van der Waals surface area contributed by atoms with Crippen molar-refractivity contribution >= 4 is 59.7 Å². The van der Waals surface area contributed by atoms with Crippen LogP contribution in [-0.4, -0.2) is 26.6 Å². The second-order valence-corrected chi connectivity index (χ2v) is 3.61. The third kappa shape index (κ3) is 3.54. The van der Waals surface area contributed by atoms with Crippen LogP contribution < -0.4 is 5.73 Å². The topological polar surface area (TPSA) is 91.1 Å². The van der Waals surface area contributed by atoms with Crippen LogP contribution in [0.3, 0.4) is 0 Å². The molecule has 0 saturated heterocycles. The lowest BCUT2D eigenvalue weighted by Gasteiger charge is -2.00. The number of nitrogens with two attached hydrogens (primary N) is 1. The summed E-state index contributed by atoms with van der Waals surface area (Å²) in [5.74, 6) is 0. The number of hydrogen-bond donors (Lipinski definition) is 2. The molecular formula is C8H13Cl3N4OS. The molecule has 5 nitrogen and oxygen atoms in total. The summed E-state index contributed by atoms with van der Waals surface area (Å²) in [7, 11) is 0. The van der Waals surface area contributed by atoms with Crippen LogP contribution in [-0.2, 0) is 6.54 Å². The second-order valence-electron chi connectivity index (χ2n) is 2.87. The molecule has 2 aromatic rings. The quantitative estimate of drug-likeness (QED) is 0.652. The van der Waals surface area contributed by atoms with Gasteiger partial charge < -0.3 is 20.8 Å². The predicted octanol–water partition coefficient (Wildman–Crippen LogP) is 1.72. The molecule has 0 aromatic carbocycles. The summed E-state index contributed by atoms with van der Waals surface area (Å²) in [6.07, 6.45) is 1.65. The second kappa shape index (κ2) is 7.86.